The summed E-state index contributed by atoms with van der Waals surface area (Å²) in [6.07, 6.45) is 0. The summed E-state index contributed by atoms with van der Waals surface area (Å²) in [5, 5.41) is 11.2. The number of hydrogen-bond acceptors (Lipinski definition) is 4. The molecule has 136 valence electrons. The van der Waals surface area contributed by atoms with Crippen LogP contribution in [0.2, 0.25) is 0 Å². The van der Waals surface area contributed by atoms with E-state index in [-0.39, 0.29) is 18.3 Å². The van der Waals surface area contributed by atoms with Crippen LogP contribution in [0.25, 0.3) is 22.6 Å². The smallest absolute Gasteiger partial charge is 0.269 e. The third-order valence-electron chi connectivity index (χ3n) is 4.14. The lowest BCUT2D eigenvalue weighted by Gasteiger charge is -2.03. The summed E-state index contributed by atoms with van der Waals surface area (Å²) in [6.45, 7) is 0.278. The van der Waals surface area contributed by atoms with Gasteiger partial charge in [0, 0.05) is 23.6 Å². The van der Waals surface area contributed by atoms with Gasteiger partial charge < -0.3 is 9.73 Å². The van der Waals surface area contributed by atoms with Gasteiger partial charge in [-0.2, -0.15) is 16.4 Å². The molecule has 1 amide bonds. The Morgan fingerprint density at radius 1 is 1.19 bits per heavy atom. The van der Waals surface area contributed by atoms with Gasteiger partial charge in [-0.15, -0.1) is 0 Å². The molecule has 0 saturated carbocycles. The maximum atomic E-state index is 13.1. The Hall–Kier alpha value is -3.19. The predicted octanol–water partition coefficient (Wildman–Crippen LogP) is 4.48. The maximum absolute atomic E-state index is 13.1. The van der Waals surface area contributed by atoms with Crippen molar-refractivity contribution < 1.29 is 13.6 Å². The fourth-order valence-corrected chi connectivity index (χ4v) is 3.38. The van der Waals surface area contributed by atoms with Gasteiger partial charge in [-0.25, -0.2) is 4.39 Å². The van der Waals surface area contributed by atoms with Crippen molar-refractivity contribution in [1.82, 2.24) is 15.1 Å². The molecule has 0 spiro atoms. The van der Waals surface area contributed by atoms with Crippen LogP contribution in [0.4, 0.5) is 4.39 Å². The summed E-state index contributed by atoms with van der Waals surface area (Å²) in [5.41, 5.74) is 2.80. The Morgan fingerprint density at radius 2 is 2.00 bits per heavy atom. The van der Waals surface area contributed by atoms with E-state index in [0.29, 0.717) is 17.1 Å². The second-order valence-corrected chi connectivity index (χ2v) is 6.79. The fourth-order valence-electron chi connectivity index (χ4n) is 2.73. The van der Waals surface area contributed by atoms with Crippen molar-refractivity contribution in [3.8, 4) is 22.6 Å². The summed E-state index contributed by atoms with van der Waals surface area (Å²) >= 11 is 1.60. The minimum atomic E-state index is -0.312. The highest BCUT2D eigenvalue weighted by Crippen LogP contribution is 2.24. The van der Waals surface area contributed by atoms with E-state index >= 15 is 0 Å². The summed E-state index contributed by atoms with van der Waals surface area (Å²) in [7, 11) is 1.70. The lowest BCUT2D eigenvalue weighted by molar-refractivity contribution is 0.0938. The zero-order valence-corrected chi connectivity index (χ0v) is 15.3. The van der Waals surface area contributed by atoms with Gasteiger partial charge in [0.1, 0.15) is 23.0 Å². The molecule has 0 radical (unpaired) electrons. The number of amides is 1. The molecule has 0 atom stereocenters. The van der Waals surface area contributed by atoms with E-state index in [9.17, 15) is 9.18 Å². The highest BCUT2D eigenvalue weighted by molar-refractivity contribution is 7.08. The van der Waals surface area contributed by atoms with Gasteiger partial charge in [0.2, 0.25) is 0 Å². The minimum absolute atomic E-state index is 0.258. The Balaban J connectivity index is 1.45. The number of aryl methyl sites for hydroxylation is 1. The van der Waals surface area contributed by atoms with Crippen LogP contribution in [0.1, 0.15) is 16.2 Å². The number of carbonyl (C=O) groups excluding carboxylic acids is 1. The molecule has 0 bridgehead atoms. The van der Waals surface area contributed by atoms with E-state index in [1.807, 2.05) is 29.0 Å². The SMILES string of the molecule is Cn1nc(-c2ccc(F)cc2)cc1C(=O)NCc1ccc(-c2ccsc2)o1. The van der Waals surface area contributed by atoms with Gasteiger partial charge in [-0.05, 0) is 53.9 Å². The van der Waals surface area contributed by atoms with E-state index < -0.39 is 0 Å². The van der Waals surface area contributed by atoms with E-state index in [1.165, 1.54) is 16.8 Å². The first kappa shape index (κ1) is 17.2. The molecule has 0 fully saturated rings. The van der Waals surface area contributed by atoms with Crippen molar-refractivity contribution in [2.24, 2.45) is 7.05 Å². The summed E-state index contributed by atoms with van der Waals surface area (Å²) in [6, 6.07) is 13.4. The van der Waals surface area contributed by atoms with Gasteiger partial charge in [0.05, 0.1) is 12.2 Å². The van der Waals surface area contributed by atoms with Crippen molar-refractivity contribution in [1.29, 1.82) is 0 Å². The lowest BCUT2D eigenvalue weighted by atomic mass is 10.1. The normalized spacial score (nSPS) is 10.9. The van der Waals surface area contributed by atoms with Crippen LogP contribution in [-0.2, 0) is 13.6 Å². The first-order valence-corrected chi connectivity index (χ1v) is 9.24. The van der Waals surface area contributed by atoms with Crippen LogP contribution >= 0.6 is 11.3 Å². The molecular formula is C20H16FN3O2S. The number of benzene rings is 1. The molecule has 0 aliphatic heterocycles. The highest BCUT2D eigenvalue weighted by atomic mass is 32.1. The zero-order valence-electron chi connectivity index (χ0n) is 14.5. The van der Waals surface area contributed by atoms with Crippen LogP contribution < -0.4 is 5.32 Å². The Labute approximate surface area is 159 Å². The molecule has 0 aliphatic rings. The number of halogens is 1. The molecule has 3 heterocycles. The average Bonchev–Trinajstić information content (AvgIpc) is 3.40. The van der Waals surface area contributed by atoms with Crippen molar-refractivity contribution in [3.05, 3.63) is 76.6 Å². The maximum Gasteiger partial charge on any atom is 0.269 e. The summed E-state index contributed by atoms with van der Waals surface area (Å²) in [5.74, 6) is 0.880. The number of nitrogens with one attached hydrogen (secondary N) is 1. The lowest BCUT2D eigenvalue weighted by Crippen LogP contribution is -2.24. The summed E-state index contributed by atoms with van der Waals surface area (Å²) < 4.78 is 20.3. The zero-order chi connectivity index (χ0) is 18.8. The molecule has 4 aromatic rings. The number of rotatable bonds is 5. The molecule has 0 unspecified atom stereocenters. The van der Waals surface area contributed by atoms with Crippen molar-refractivity contribution in [2.75, 3.05) is 0 Å². The molecule has 5 nitrogen and oxygen atoms in total. The average molecular weight is 381 g/mol. The number of nitrogens with zero attached hydrogens (tertiary/aromatic N) is 2. The third kappa shape index (κ3) is 3.68. The number of hydrogen-bond donors (Lipinski definition) is 1. The molecule has 1 N–H and O–H groups in total. The molecule has 27 heavy (non-hydrogen) atoms. The summed E-state index contributed by atoms with van der Waals surface area (Å²) in [4.78, 5) is 12.5. The first-order chi connectivity index (χ1) is 13.1. The minimum Gasteiger partial charge on any atom is -0.459 e. The topological polar surface area (TPSA) is 60.1 Å². The second-order valence-electron chi connectivity index (χ2n) is 6.01. The van der Waals surface area contributed by atoms with Crippen LogP contribution in [-0.4, -0.2) is 15.7 Å². The molecule has 0 saturated heterocycles. The Kier molecular flexibility index (Phi) is 4.60. The Morgan fingerprint density at radius 3 is 2.74 bits per heavy atom. The van der Waals surface area contributed by atoms with Crippen molar-refractivity contribution in [2.45, 2.75) is 6.54 Å². The van der Waals surface area contributed by atoms with E-state index in [4.69, 9.17) is 4.42 Å². The molecule has 4 rings (SSSR count). The van der Waals surface area contributed by atoms with Crippen molar-refractivity contribution in [3.63, 3.8) is 0 Å². The first-order valence-electron chi connectivity index (χ1n) is 8.29. The van der Waals surface area contributed by atoms with E-state index in [1.54, 1.807) is 36.6 Å². The number of thiophene rings is 1. The number of carbonyl (C=O) groups is 1. The fraction of sp³-hybridized carbons (Fsp3) is 0.100. The number of furan rings is 1. The van der Waals surface area contributed by atoms with E-state index in [0.717, 1.165) is 16.9 Å². The van der Waals surface area contributed by atoms with Gasteiger partial charge in [0.25, 0.3) is 5.91 Å². The highest BCUT2D eigenvalue weighted by Gasteiger charge is 2.15. The van der Waals surface area contributed by atoms with Crippen LogP contribution in [0.15, 0.2) is 63.7 Å². The molecule has 1 aromatic carbocycles. The largest absolute Gasteiger partial charge is 0.459 e. The molecule has 7 heteroatoms. The van der Waals surface area contributed by atoms with Gasteiger partial charge in [-0.1, -0.05) is 0 Å². The monoisotopic (exact) mass is 381 g/mol. The second kappa shape index (κ2) is 7.20. The standard InChI is InChI=1S/C20H16FN3O2S/c1-24-18(10-17(23-24)13-2-4-15(21)5-3-13)20(25)22-11-16-6-7-19(26-16)14-8-9-27-12-14/h2-10,12H,11H2,1H3,(H,22,25). The predicted molar refractivity (Wildman–Crippen MR) is 102 cm³/mol. The van der Waals surface area contributed by atoms with E-state index in [2.05, 4.69) is 10.4 Å². The van der Waals surface area contributed by atoms with Gasteiger partial charge in [-0.3, -0.25) is 9.48 Å². The van der Waals surface area contributed by atoms with Gasteiger partial charge >= 0.3 is 0 Å². The van der Waals surface area contributed by atoms with Crippen LogP contribution in [0, 0.1) is 5.82 Å². The molecule has 0 aliphatic carbocycles. The molecule has 3 aromatic heterocycles. The Bertz CT molecular complexity index is 1070. The third-order valence-corrected chi connectivity index (χ3v) is 4.83. The quantitative estimate of drug-likeness (QED) is 0.555. The van der Waals surface area contributed by atoms with Crippen molar-refractivity contribution >= 4 is 17.2 Å². The van der Waals surface area contributed by atoms with Crippen LogP contribution in [0.3, 0.4) is 0 Å². The van der Waals surface area contributed by atoms with Gasteiger partial charge in [0.15, 0.2) is 0 Å². The molecular weight excluding hydrogens is 365 g/mol. The van der Waals surface area contributed by atoms with Crippen LogP contribution in [0.5, 0.6) is 0 Å². The number of aromatic nitrogens is 2.